The summed E-state index contributed by atoms with van der Waals surface area (Å²) in [6, 6.07) is 19.9. The van der Waals surface area contributed by atoms with Gasteiger partial charge in [0.15, 0.2) is 11.6 Å². The standard InChI is InChI=1S/C28H20ClNO6S2/c1-17-7-11-19(12-8-17)37(33,34)30(38(35,36)20-13-9-18(2)10-14-20)24-16-15-23-25(26(24)29)28(32)22-6-4-3-5-21(22)27(23)31/h3-16H,1-2H3. The lowest BCUT2D eigenvalue weighted by molar-refractivity contribution is 0.0979. The monoisotopic (exact) mass is 565 g/mol. The van der Waals surface area contributed by atoms with E-state index in [0.29, 0.717) is 0 Å². The maximum absolute atomic E-state index is 13.9. The van der Waals surface area contributed by atoms with Crippen molar-refractivity contribution >= 4 is 48.9 Å². The van der Waals surface area contributed by atoms with Gasteiger partial charge in [-0.1, -0.05) is 71.3 Å². The van der Waals surface area contributed by atoms with Crippen molar-refractivity contribution in [1.29, 1.82) is 0 Å². The minimum absolute atomic E-state index is 0.0390. The number of sulfonamides is 2. The summed E-state index contributed by atoms with van der Waals surface area (Å²) in [4.78, 5) is 26.0. The van der Waals surface area contributed by atoms with Gasteiger partial charge in [-0.05, 0) is 50.2 Å². The van der Waals surface area contributed by atoms with E-state index in [9.17, 15) is 26.4 Å². The van der Waals surface area contributed by atoms with Crippen molar-refractivity contribution in [3.8, 4) is 0 Å². The molecule has 4 aromatic carbocycles. The molecule has 0 heterocycles. The van der Waals surface area contributed by atoms with Gasteiger partial charge in [0, 0.05) is 16.7 Å². The van der Waals surface area contributed by atoms with Gasteiger partial charge in [-0.25, -0.2) is 16.8 Å². The molecule has 0 bridgehead atoms. The molecule has 7 nitrogen and oxygen atoms in total. The lowest BCUT2D eigenvalue weighted by Crippen LogP contribution is -2.37. The van der Waals surface area contributed by atoms with E-state index in [4.69, 9.17) is 11.6 Å². The number of rotatable bonds is 5. The summed E-state index contributed by atoms with van der Waals surface area (Å²) in [6.45, 7) is 3.52. The zero-order valence-corrected chi connectivity index (χ0v) is 22.6. The molecule has 0 amide bonds. The summed E-state index contributed by atoms with van der Waals surface area (Å²) < 4.78 is 56.0. The van der Waals surface area contributed by atoms with Crippen LogP contribution in [0.25, 0.3) is 0 Å². The molecule has 38 heavy (non-hydrogen) atoms. The van der Waals surface area contributed by atoms with Gasteiger partial charge < -0.3 is 0 Å². The highest BCUT2D eigenvalue weighted by Crippen LogP contribution is 2.41. The third-order valence-corrected chi connectivity index (χ3v) is 10.8. The Kier molecular flexibility index (Phi) is 6.25. The first-order chi connectivity index (χ1) is 17.9. The second-order valence-electron chi connectivity index (χ2n) is 8.86. The number of carbonyl (C=O) groups excluding carboxylic acids is 2. The number of hydrogen-bond acceptors (Lipinski definition) is 6. The van der Waals surface area contributed by atoms with E-state index in [0.717, 1.165) is 17.2 Å². The summed E-state index contributed by atoms with van der Waals surface area (Å²) in [5.74, 6) is -1.08. The van der Waals surface area contributed by atoms with E-state index < -0.39 is 42.3 Å². The van der Waals surface area contributed by atoms with Crippen LogP contribution >= 0.6 is 11.6 Å². The lowest BCUT2D eigenvalue weighted by atomic mass is 9.84. The van der Waals surface area contributed by atoms with Crippen molar-refractivity contribution in [3.63, 3.8) is 0 Å². The van der Waals surface area contributed by atoms with Crippen LogP contribution in [0.5, 0.6) is 0 Å². The van der Waals surface area contributed by atoms with Gasteiger partial charge in [-0.2, -0.15) is 3.71 Å². The highest BCUT2D eigenvalue weighted by Gasteiger charge is 2.41. The Bertz CT molecular complexity index is 1770. The SMILES string of the molecule is Cc1ccc(S(=O)(=O)N(c2ccc3c(c2Cl)C(=O)c2ccccc2C3=O)S(=O)(=O)c2ccc(C)cc2)cc1. The summed E-state index contributed by atoms with van der Waals surface area (Å²) >= 11 is 6.64. The van der Waals surface area contributed by atoms with Crippen LogP contribution in [0.15, 0.2) is 94.7 Å². The number of nitrogens with zero attached hydrogens (tertiary/aromatic N) is 1. The average Bonchev–Trinajstić information content (AvgIpc) is 2.88. The topological polar surface area (TPSA) is 106 Å². The second kappa shape index (κ2) is 9.20. The van der Waals surface area contributed by atoms with Crippen molar-refractivity contribution in [1.82, 2.24) is 0 Å². The van der Waals surface area contributed by atoms with Crippen LogP contribution in [0, 0.1) is 13.8 Å². The molecule has 1 aliphatic rings. The molecule has 0 aliphatic heterocycles. The predicted octanol–water partition coefficient (Wildman–Crippen LogP) is 5.32. The van der Waals surface area contributed by atoms with Crippen molar-refractivity contribution < 1.29 is 26.4 Å². The summed E-state index contributed by atoms with van der Waals surface area (Å²) in [5.41, 5.74) is 1.06. The molecule has 10 heteroatoms. The normalized spacial score (nSPS) is 13.1. The van der Waals surface area contributed by atoms with Crippen molar-refractivity contribution in [3.05, 3.63) is 123 Å². The smallest absolute Gasteiger partial charge is 0.277 e. The minimum atomic E-state index is -4.76. The van der Waals surface area contributed by atoms with Crippen LogP contribution in [0.1, 0.15) is 43.0 Å². The Labute approximate surface area is 225 Å². The molecule has 0 atom stereocenters. The van der Waals surface area contributed by atoms with Crippen LogP contribution in [0.3, 0.4) is 0 Å². The fourth-order valence-electron chi connectivity index (χ4n) is 4.28. The quantitative estimate of drug-likeness (QED) is 0.286. The van der Waals surface area contributed by atoms with Gasteiger partial charge in [0.05, 0.1) is 26.1 Å². The maximum atomic E-state index is 13.9. The molecule has 4 aromatic rings. The fourth-order valence-corrected chi connectivity index (χ4v) is 8.43. The highest BCUT2D eigenvalue weighted by molar-refractivity contribution is 8.10. The van der Waals surface area contributed by atoms with Gasteiger partial charge in [-0.15, -0.1) is 0 Å². The maximum Gasteiger partial charge on any atom is 0.277 e. The van der Waals surface area contributed by atoms with E-state index in [2.05, 4.69) is 0 Å². The number of aryl methyl sites for hydroxylation is 2. The Balaban J connectivity index is 1.79. The van der Waals surface area contributed by atoms with Crippen LogP contribution in [0.2, 0.25) is 5.02 Å². The van der Waals surface area contributed by atoms with Crippen LogP contribution in [0.4, 0.5) is 5.69 Å². The first-order valence-electron chi connectivity index (χ1n) is 11.4. The van der Waals surface area contributed by atoms with E-state index in [1.807, 2.05) is 0 Å². The highest BCUT2D eigenvalue weighted by atomic mass is 35.5. The second-order valence-corrected chi connectivity index (χ2v) is 13.0. The molecule has 192 valence electrons. The Morgan fingerprint density at radius 3 is 1.50 bits per heavy atom. The molecule has 0 N–H and O–H groups in total. The molecule has 0 fully saturated rings. The zero-order chi connectivity index (χ0) is 27.4. The average molecular weight is 566 g/mol. The van der Waals surface area contributed by atoms with Gasteiger partial charge in [-0.3, -0.25) is 9.59 Å². The number of anilines is 1. The minimum Gasteiger partial charge on any atom is -0.289 e. The fraction of sp³-hybridized carbons (Fsp3) is 0.0714. The molecule has 0 saturated carbocycles. The van der Waals surface area contributed by atoms with Crippen LogP contribution < -0.4 is 3.71 Å². The van der Waals surface area contributed by atoms with E-state index >= 15 is 0 Å². The molecule has 0 spiro atoms. The summed E-state index contributed by atoms with van der Waals surface area (Å²) in [6.07, 6.45) is 0. The summed E-state index contributed by atoms with van der Waals surface area (Å²) in [5, 5.41) is -0.457. The Morgan fingerprint density at radius 1 is 0.579 bits per heavy atom. The third-order valence-electron chi connectivity index (χ3n) is 6.28. The molecular weight excluding hydrogens is 546 g/mol. The van der Waals surface area contributed by atoms with Crippen LogP contribution in [-0.4, -0.2) is 28.4 Å². The number of benzene rings is 4. The molecule has 0 aromatic heterocycles. The number of halogens is 1. The molecule has 5 rings (SSSR count). The van der Waals surface area contributed by atoms with E-state index in [1.165, 1.54) is 66.7 Å². The summed E-state index contributed by atoms with van der Waals surface area (Å²) in [7, 11) is -9.53. The van der Waals surface area contributed by atoms with Crippen molar-refractivity contribution in [2.45, 2.75) is 23.6 Å². The number of hydrogen-bond donors (Lipinski definition) is 0. The van der Waals surface area contributed by atoms with Crippen molar-refractivity contribution in [2.24, 2.45) is 0 Å². The van der Waals surface area contributed by atoms with Gasteiger partial charge >= 0.3 is 0 Å². The Morgan fingerprint density at radius 2 is 1.03 bits per heavy atom. The van der Waals surface area contributed by atoms with Gasteiger partial charge in [0.1, 0.15) is 0 Å². The molecular formula is C28H20ClNO6S2. The molecule has 0 radical (unpaired) electrons. The lowest BCUT2D eigenvalue weighted by Gasteiger charge is -2.27. The molecule has 0 saturated heterocycles. The van der Waals surface area contributed by atoms with E-state index in [1.54, 1.807) is 26.0 Å². The molecule has 1 aliphatic carbocycles. The Hall–Kier alpha value is -3.79. The van der Waals surface area contributed by atoms with Gasteiger partial charge in [0.2, 0.25) is 0 Å². The largest absolute Gasteiger partial charge is 0.289 e. The first-order valence-corrected chi connectivity index (χ1v) is 14.6. The van der Waals surface area contributed by atoms with E-state index in [-0.39, 0.29) is 35.8 Å². The number of fused-ring (bicyclic) bond motifs is 2. The molecule has 0 unspecified atom stereocenters. The van der Waals surface area contributed by atoms with Gasteiger partial charge in [0.25, 0.3) is 20.0 Å². The predicted molar refractivity (Wildman–Crippen MR) is 144 cm³/mol. The van der Waals surface area contributed by atoms with Crippen LogP contribution in [-0.2, 0) is 20.0 Å². The first kappa shape index (κ1) is 25.8. The third kappa shape index (κ3) is 4.03. The zero-order valence-electron chi connectivity index (χ0n) is 20.2. The number of carbonyl (C=O) groups is 2. The van der Waals surface area contributed by atoms with Crippen molar-refractivity contribution in [2.75, 3.05) is 3.71 Å². The number of ketones is 2.